The van der Waals surface area contributed by atoms with Gasteiger partial charge < -0.3 is 4.90 Å². The van der Waals surface area contributed by atoms with Gasteiger partial charge in [0.15, 0.2) is 0 Å². The number of rotatable bonds is 0. The minimum Gasteiger partial charge on any atom is -0.378 e. The van der Waals surface area contributed by atoms with Gasteiger partial charge in [0.25, 0.3) is 0 Å². The van der Waals surface area contributed by atoms with Crippen LogP contribution in [0.3, 0.4) is 0 Å². The Labute approximate surface area is 64.7 Å². The summed E-state index contributed by atoms with van der Waals surface area (Å²) < 4.78 is 0. The Morgan fingerprint density at radius 3 is 2.10 bits per heavy atom. The highest BCUT2D eigenvalue weighted by Crippen LogP contribution is 2.08. The van der Waals surface area contributed by atoms with Crippen LogP contribution < -0.4 is 0 Å². The summed E-state index contributed by atoms with van der Waals surface area (Å²) in [5.74, 6) is 0. The minimum absolute atomic E-state index is 0.736. The molecule has 1 atom stereocenters. The zero-order valence-corrected chi connectivity index (χ0v) is 7.59. The monoisotopic (exact) mass is 141 g/mol. The van der Waals surface area contributed by atoms with Crippen molar-refractivity contribution in [3.05, 3.63) is 12.3 Å². The molecule has 0 spiro atoms. The highest BCUT2D eigenvalue weighted by atomic mass is 15.1. The Morgan fingerprint density at radius 2 is 2.00 bits per heavy atom. The molecule has 0 aromatic rings. The lowest BCUT2D eigenvalue weighted by Gasteiger charge is -2.14. The smallest absolute Gasteiger partial charge is 0.0287 e. The molecule has 1 aliphatic heterocycles. The minimum atomic E-state index is 0.736. The van der Waals surface area contributed by atoms with Gasteiger partial charge in [0.1, 0.15) is 0 Å². The van der Waals surface area contributed by atoms with Crippen molar-refractivity contribution < 1.29 is 0 Å². The van der Waals surface area contributed by atoms with E-state index in [0.29, 0.717) is 0 Å². The molecule has 1 nitrogen and oxygen atoms in total. The van der Waals surface area contributed by atoms with E-state index in [0.717, 1.165) is 6.04 Å². The van der Waals surface area contributed by atoms with E-state index < -0.39 is 0 Å². The Hall–Kier alpha value is -0.460. The largest absolute Gasteiger partial charge is 0.378 e. The third-order valence-electron chi connectivity index (χ3n) is 1.51. The average molecular weight is 141 g/mol. The first-order valence-electron chi connectivity index (χ1n) is 4.11. The first-order chi connectivity index (χ1) is 4.72. The van der Waals surface area contributed by atoms with Crippen LogP contribution in [0.4, 0.5) is 0 Å². The summed E-state index contributed by atoms with van der Waals surface area (Å²) in [6.07, 6.45) is 6.80. The van der Waals surface area contributed by atoms with Crippen molar-refractivity contribution in [2.24, 2.45) is 0 Å². The van der Waals surface area contributed by atoms with Crippen LogP contribution >= 0.6 is 0 Å². The van der Waals surface area contributed by atoms with Crippen LogP contribution in [-0.4, -0.2) is 18.0 Å². The van der Waals surface area contributed by atoms with Crippen LogP contribution in [0.5, 0.6) is 0 Å². The molecule has 60 valence electrons. The van der Waals surface area contributed by atoms with Gasteiger partial charge >= 0.3 is 0 Å². The summed E-state index contributed by atoms with van der Waals surface area (Å²) in [5.41, 5.74) is 0. The van der Waals surface area contributed by atoms with Gasteiger partial charge in [0.2, 0.25) is 0 Å². The molecule has 0 bridgehead atoms. The third-order valence-corrected chi connectivity index (χ3v) is 1.51. The lowest BCUT2D eigenvalue weighted by Crippen LogP contribution is -2.17. The molecule has 0 saturated carbocycles. The van der Waals surface area contributed by atoms with Gasteiger partial charge in [-0.3, -0.25) is 0 Å². The molecule has 1 aliphatic rings. The Bertz CT molecular complexity index is 96.9. The van der Waals surface area contributed by atoms with Gasteiger partial charge in [0.05, 0.1) is 0 Å². The highest BCUT2D eigenvalue weighted by Gasteiger charge is 2.06. The van der Waals surface area contributed by atoms with Crippen molar-refractivity contribution in [3.63, 3.8) is 0 Å². The third kappa shape index (κ3) is 3.54. The zero-order valence-electron chi connectivity index (χ0n) is 7.59. The second-order valence-electron chi connectivity index (χ2n) is 2.84. The van der Waals surface area contributed by atoms with Gasteiger partial charge in [-0.1, -0.05) is 26.3 Å². The fourth-order valence-corrected chi connectivity index (χ4v) is 0.737. The number of hydrogen-bond acceptors (Lipinski definition) is 1. The average Bonchev–Trinajstić information content (AvgIpc) is 2.19. The van der Waals surface area contributed by atoms with Gasteiger partial charge in [-0.25, -0.2) is 0 Å². The van der Waals surface area contributed by atoms with E-state index in [4.69, 9.17) is 0 Å². The molecule has 0 fully saturated rings. The van der Waals surface area contributed by atoms with E-state index in [1.54, 1.807) is 0 Å². The van der Waals surface area contributed by atoms with Gasteiger partial charge in [-0.15, -0.1) is 0 Å². The van der Waals surface area contributed by atoms with Crippen molar-refractivity contribution in [2.75, 3.05) is 7.05 Å². The van der Waals surface area contributed by atoms with Crippen LogP contribution in [0.2, 0.25) is 0 Å². The van der Waals surface area contributed by atoms with Gasteiger partial charge in [0, 0.05) is 13.1 Å². The predicted molar refractivity (Wildman–Crippen MR) is 46.9 cm³/mol. The van der Waals surface area contributed by atoms with E-state index in [1.165, 1.54) is 12.8 Å². The van der Waals surface area contributed by atoms with Crippen LogP contribution in [0.15, 0.2) is 12.3 Å². The molecular formula is C9H19N. The lowest BCUT2D eigenvalue weighted by atomic mass is 10.3. The maximum atomic E-state index is 2.22. The molecule has 0 saturated heterocycles. The summed E-state index contributed by atoms with van der Waals surface area (Å²) in [5, 5.41) is 0. The van der Waals surface area contributed by atoms with Crippen molar-refractivity contribution in [2.45, 2.75) is 39.7 Å². The fraction of sp³-hybridized carbons (Fsp3) is 0.778. The summed E-state index contributed by atoms with van der Waals surface area (Å²) in [6, 6.07) is 0.736. The Morgan fingerprint density at radius 1 is 1.50 bits per heavy atom. The van der Waals surface area contributed by atoms with Crippen molar-refractivity contribution >= 4 is 0 Å². The molecule has 0 amide bonds. The molecule has 0 aromatic carbocycles. The standard InChI is InChI=1S/C6H11N.C3H8/c1-6-4-3-5-7(6)2;1-3-2/h3,5-6H,4H2,1-2H3;3H2,1-2H3/t6-;/m1./s1. The summed E-state index contributed by atoms with van der Waals surface area (Å²) in [7, 11) is 2.11. The van der Waals surface area contributed by atoms with E-state index in [-0.39, 0.29) is 0 Å². The SMILES string of the molecule is CCC.C[C@@H]1CC=CN1C. The lowest BCUT2D eigenvalue weighted by molar-refractivity contribution is 0.383. The van der Waals surface area contributed by atoms with Gasteiger partial charge in [-0.05, 0) is 19.5 Å². The van der Waals surface area contributed by atoms with Crippen molar-refractivity contribution in [1.82, 2.24) is 4.90 Å². The molecule has 0 unspecified atom stereocenters. The maximum absolute atomic E-state index is 2.22. The molecule has 0 radical (unpaired) electrons. The Kier molecular flexibility index (Phi) is 5.09. The van der Waals surface area contributed by atoms with E-state index in [1.807, 2.05) is 0 Å². The van der Waals surface area contributed by atoms with E-state index >= 15 is 0 Å². The molecule has 1 rings (SSSR count). The summed E-state index contributed by atoms with van der Waals surface area (Å²) in [6.45, 7) is 6.47. The van der Waals surface area contributed by atoms with Gasteiger partial charge in [-0.2, -0.15) is 0 Å². The predicted octanol–water partition coefficient (Wildman–Crippen LogP) is 2.64. The second kappa shape index (κ2) is 5.33. The first kappa shape index (κ1) is 9.54. The molecule has 1 heteroatoms. The molecule has 0 aliphatic carbocycles. The second-order valence-corrected chi connectivity index (χ2v) is 2.84. The quantitative estimate of drug-likeness (QED) is 0.501. The topological polar surface area (TPSA) is 3.24 Å². The summed E-state index contributed by atoms with van der Waals surface area (Å²) >= 11 is 0. The maximum Gasteiger partial charge on any atom is 0.0287 e. The van der Waals surface area contributed by atoms with E-state index in [9.17, 15) is 0 Å². The molecule has 0 aromatic heterocycles. The number of nitrogens with zero attached hydrogens (tertiary/aromatic N) is 1. The Balaban J connectivity index is 0.000000236. The first-order valence-corrected chi connectivity index (χ1v) is 4.11. The molecule has 10 heavy (non-hydrogen) atoms. The number of hydrogen-bond donors (Lipinski definition) is 0. The molecular weight excluding hydrogens is 122 g/mol. The van der Waals surface area contributed by atoms with Crippen LogP contribution in [-0.2, 0) is 0 Å². The fourth-order valence-electron chi connectivity index (χ4n) is 0.737. The highest BCUT2D eigenvalue weighted by molar-refractivity contribution is 4.93. The van der Waals surface area contributed by atoms with Crippen molar-refractivity contribution in [3.8, 4) is 0 Å². The molecule has 1 heterocycles. The van der Waals surface area contributed by atoms with Crippen LogP contribution in [0, 0.1) is 0 Å². The van der Waals surface area contributed by atoms with E-state index in [2.05, 4.69) is 45.0 Å². The van der Waals surface area contributed by atoms with Crippen LogP contribution in [0.1, 0.15) is 33.6 Å². The summed E-state index contributed by atoms with van der Waals surface area (Å²) in [4.78, 5) is 2.22. The van der Waals surface area contributed by atoms with Crippen LogP contribution in [0.25, 0.3) is 0 Å². The molecule has 0 N–H and O–H groups in total. The van der Waals surface area contributed by atoms with Crippen molar-refractivity contribution in [1.29, 1.82) is 0 Å². The normalized spacial score (nSPS) is 22.4. The zero-order chi connectivity index (χ0) is 7.98.